The Balaban J connectivity index is 1.86. The summed E-state index contributed by atoms with van der Waals surface area (Å²) < 4.78 is 24.1. The van der Waals surface area contributed by atoms with Crippen LogP contribution >= 0.6 is 0 Å². The standard InChI is InChI=1S/C14H20N6O2S/c1-11-7-14(20-10-12(8-17-20)23(15,21)22)16-9-13(11)19-5-3-18(2)4-6-19/h7-10H,3-6H2,1-2H3,(H2,15,21,22). The van der Waals surface area contributed by atoms with Gasteiger partial charge in [-0.2, -0.15) is 5.10 Å². The lowest BCUT2D eigenvalue weighted by molar-refractivity contribution is 0.312. The number of nitrogens with zero attached hydrogens (tertiary/aromatic N) is 5. The Morgan fingerprint density at radius 2 is 1.87 bits per heavy atom. The summed E-state index contributed by atoms with van der Waals surface area (Å²) in [5.41, 5.74) is 2.17. The fraction of sp³-hybridized carbons (Fsp3) is 0.429. The van der Waals surface area contributed by atoms with Crippen molar-refractivity contribution in [1.82, 2.24) is 19.7 Å². The van der Waals surface area contributed by atoms with Gasteiger partial charge in [-0.3, -0.25) is 0 Å². The van der Waals surface area contributed by atoms with Crippen LogP contribution in [0.15, 0.2) is 29.6 Å². The second-order valence-corrected chi connectivity index (χ2v) is 7.35. The van der Waals surface area contributed by atoms with Gasteiger partial charge in [-0.1, -0.05) is 0 Å². The molecule has 124 valence electrons. The van der Waals surface area contributed by atoms with E-state index in [-0.39, 0.29) is 4.90 Å². The van der Waals surface area contributed by atoms with Crippen molar-refractivity contribution in [2.45, 2.75) is 11.8 Å². The fourth-order valence-electron chi connectivity index (χ4n) is 2.62. The van der Waals surface area contributed by atoms with E-state index in [1.54, 1.807) is 0 Å². The van der Waals surface area contributed by atoms with Crippen molar-refractivity contribution in [1.29, 1.82) is 0 Å². The van der Waals surface area contributed by atoms with Crippen LogP contribution in [0.2, 0.25) is 0 Å². The van der Waals surface area contributed by atoms with Gasteiger partial charge in [0, 0.05) is 26.2 Å². The number of sulfonamides is 1. The molecule has 2 N–H and O–H groups in total. The van der Waals surface area contributed by atoms with Crippen molar-refractivity contribution in [3.63, 3.8) is 0 Å². The molecule has 0 aliphatic carbocycles. The van der Waals surface area contributed by atoms with E-state index in [1.807, 2.05) is 19.2 Å². The molecule has 1 fully saturated rings. The first kappa shape index (κ1) is 15.9. The highest BCUT2D eigenvalue weighted by atomic mass is 32.2. The van der Waals surface area contributed by atoms with E-state index in [9.17, 15) is 8.42 Å². The number of rotatable bonds is 3. The van der Waals surface area contributed by atoms with Crippen molar-refractivity contribution in [2.75, 3.05) is 38.1 Å². The Kier molecular flexibility index (Phi) is 4.09. The summed E-state index contributed by atoms with van der Waals surface area (Å²) in [5.74, 6) is 0.565. The minimum absolute atomic E-state index is 0.0277. The number of primary sulfonamides is 1. The predicted molar refractivity (Wildman–Crippen MR) is 87.2 cm³/mol. The summed E-state index contributed by atoms with van der Waals surface area (Å²) in [4.78, 5) is 8.99. The molecule has 1 aliphatic rings. The fourth-order valence-corrected chi connectivity index (χ4v) is 3.06. The van der Waals surface area contributed by atoms with E-state index in [0.717, 1.165) is 37.4 Å². The molecular weight excluding hydrogens is 316 g/mol. The Bertz CT molecular complexity index is 808. The molecule has 0 unspecified atom stereocenters. The largest absolute Gasteiger partial charge is 0.368 e. The van der Waals surface area contributed by atoms with Crippen LogP contribution in [0.4, 0.5) is 5.69 Å². The van der Waals surface area contributed by atoms with Gasteiger partial charge in [0.15, 0.2) is 5.82 Å². The molecule has 3 rings (SSSR count). The SMILES string of the molecule is Cc1cc(-n2cc(S(N)(=O)=O)cn2)ncc1N1CCN(C)CC1. The van der Waals surface area contributed by atoms with Crippen LogP contribution in [0.3, 0.4) is 0 Å². The molecule has 0 spiro atoms. The molecule has 2 aromatic rings. The van der Waals surface area contributed by atoms with Crippen molar-refractivity contribution in [3.05, 3.63) is 30.2 Å². The molecule has 2 aromatic heterocycles. The minimum Gasteiger partial charge on any atom is -0.368 e. The Labute approximate surface area is 135 Å². The highest BCUT2D eigenvalue weighted by Gasteiger charge is 2.17. The molecule has 0 saturated carbocycles. The van der Waals surface area contributed by atoms with Gasteiger partial charge in [-0.15, -0.1) is 0 Å². The molecule has 23 heavy (non-hydrogen) atoms. The van der Waals surface area contributed by atoms with Crippen LogP contribution in [0.1, 0.15) is 5.56 Å². The second-order valence-electron chi connectivity index (χ2n) is 5.78. The molecule has 0 amide bonds. The van der Waals surface area contributed by atoms with Gasteiger partial charge in [-0.25, -0.2) is 23.2 Å². The number of hydrogen-bond acceptors (Lipinski definition) is 6. The summed E-state index contributed by atoms with van der Waals surface area (Å²) in [6, 6.07) is 1.90. The molecule has 0 radical (unpaired) electrons. The van der Waals surface area contributed by atoms with Gasteiger partial charge in [0.25, 0.3) is 0 Å². The molecule has 8 nitrogen and oxygen atoms in total. The van der Waals surface area contributed by atoms with E-state index in [0.29, 0.717) is 5.82 Å². The normalized spacial score (nSPS) is 16.7. The van der Waals surface area contributed by atoms with E-state index in [2.05, 4.69) is 26.9 Å². The van der Waals surface area contributed by atoms with E-state index < -0.39 is 10.0 Å². The van der Waals surface area contributed by atoms with Gasteiger partial charge in [0.1, 0.15) is 4.90 Å². The van der Waals surface area contributed by atoms with Crippen LogP contribution in [0, 0.1) is 6.92 Å². The van der Waals surface area contributed by atoms with Crippen molar-refractivity contribution < 1.29 is 8.42 Å². The van der Waals surface area contributed by atoms with Gasteiger partial charge in [0.2, 0.25) is 10.0 Å². The van der Waals surface area contributed by atoms with Gasteiger partial charge < -0.3 is 9.80 Å². The molecular formula is C14H20N6O2S. The number of pyridine rings is 1. The summed E-state index contributed by atoms with van der Waals surface area (Å²) in [6.45, 7) is 6.00. The molecule has 1 aliphatic heterocycles. The van der Waals surface area contributed by atoms with E-state index >= 15 is 0 Å². The zero-order valence-electron chi connectivity index (χ0n) is 13.2. The van der Waals surface area contributed by atoms with Crippen LogP contribution in [0.5, 0.6) is 0 Å². The Hall–Kier alpha value is -1.97. The number of aryl methyl sites for hydroxylation is 1. The van der Waals surface area contributed by atoms with Crippen molar-refractivity contribution in [2.24, 2.45) is 5.14 Å². The number of aromatic nitrogens is 3. The average Bonchev–Trinajstić information content (AvgIpc) is 2.98. The first-order chi connectivity index (χ1) is 10.8. The van der Waals surface area contributed by atoms with Crippen LogP contribution in [-0.4, -0.2) is 61.3 Å². The maximum absolute atomic E-state index is 11.3. The van der Waals surface area contributed by atoms with E-state index in [1.165, 1.54) is 17.1 Å². The summed E-state index contributed by atoms with van der Waals surface area (Å²) in [6.07, 6.45) is 4.40. The summed E-state index contributed by atoms with van der Waals surface area (Å²) in [5, 5.41) is 9.12. The first-order valence-electron chi connectivity index (χ1n) is 7.32. The highest BCUT2D eigenvalue weighted by Crippen LogP contribution is 2.22. The van der Waals surface area contributed by atoms with Crippen LogP contribution in [-0.2, 0) is 10.0 Å². The minimum atomic E-state index is -3.75. The molecule has 0 aromatic carbocycles. The average molecular weight is 336 g/mol. The lowest BCUT2D eigenvalue weighted by Crippen LogP contribution is -2.44. The monoisotopic (exact) mass is 336 g/mol. The smallest absolute Gasteiger partial charge is 0.241 e. The highest BCUT2D eigenvalue weighted by molar-refractivity contribution is 7.89. The van der Waals surface area contributed by atoms with Crippen molar-refractivity contribution >= 4 is 15.7 Å². The first-order valence-corrected chi connectivity index (χ1v) is 8.87. The summed E-state index contributed by atoms with van der Waals surface area (Å²) in [7, 11) is -1.64. The van der Waals surface area contributed by atoms with Gasteiger partial charge in [-0.05, 0) is 25.6 Å². The topological polar surface area (TPSA) is 97.3 Å². The third-order valence-corrected chi connectivity index (χ3v) is 4.90. The second kappa shape index (κ2) is 5.91. The van der Waals surface area contributed by atoms with Gasteiger partial charge >= 0.3 is 0 Å². The maximum Gasteiger partial charge on any atom is 0.241 e. The quantitative estimate of drug-likeness (QED) is 0.846. The van der Waals surface area contributed by atoms with Crippen molar-refractivity contribution in [3.8, 4) is 5.82 Å². The lowest BCUT2D eigenvalue weighted by Gasteiger charge is -2.34. The number of nitrogens with two attached hydrogens (primary N) is 1. The predicted octanol–water partition coefficient (Wildman–Crippen LogP) is -0.0251. The molecule has 0 bridgehead atoms. The number of anilines is 1. The van der Waals surface area contributed by atoms with Crippen LogP contribution in [0.25, 0.3) is 5.82 Å². The Morgan fingerprint density at radius 3 is 2.43 bits per heavy atom. The molecule has 1 saturated heterocycles. The Morgan fingerprint density at radius 1 is 1.17 bits per heavy atom. The zero-order valence-corrected chi connectivity index (χ0v) is 14.0. The molecule has 9 heteroatoms. The lowest BCUT2D eigenvalue weighted by atomic mass is 10.2. The molecule has 3 heterocycles. The van der Waals surface area contributed by atoms with E-state index in [4.69, 9.17) is 5.14 Å². The number of hydrogen-bond donors (Lipinski definition) is 1. The molecule has 0 atom stereocenters. The van der Waals surface area contributed by atoms with Gasteiger partial charge in [0.05, 0.1) is 24.3 Å². The summed E-state index contributed by atoms with van der Waals surface area (Å²) >= 11 is 0. The third kappa shape index (κ3) is 3.36. The zero-order chi connectivity index (χ0) is 16.6. The van der Waals surface area contributed by atoms with Crippen LogP contribution < -0.4 is 10.0 Å². The maximum atomic E-state index is 11.3. The number of piperazine rings is 1. The number of likely N-dealkylation sites (N-methyl/N-ethyl adjacent to an activating group) is 1. The third-order valence-electron chi connectivity index (χ3n) is 4.03.